The maximum absolute atomic E-state index is 12.7. The first-order valence-electron chi connectivity index (χ1n) is 9.20. The highest BCUT2D eigenvalue weighted by Crippen LogP contribution is 2.47. The summed E-state index contributed by atoms with van der Waals surface area (Å²) in [5.41, 5.74) is 0. The van der Waals surface area contributed by atoms with E-state index >= 15 is 0 Å². The summed E-state index contributed by atoms with van der Waals surface area (Å²) in [4.78, 5) is 10.8. The fraction of sp³-hybridized carbons (Fsp3) is 0.765. The maximum atomic E-state index is 12.7. The zero-order chi connectivity index (χ0) is 18.3. The second-order valence-corrected chi connectivity index (χ2v) is 7.28. The average Bonchev–Trinajstić information content (AvgIpc) is 3.31. The van der Waals surface area contributed by atoms with Gasteiger partial charge in [-0.1, -0.05) is 0 Å². The molecule has 4 heterocycles. The lowest BCUT2D eigenvalue weighted by atomic mass is 9.82. The normalized spacial score (nSPS) is 30.9. The van der Waals surface area contributed by atoms with Crippen molar-refractivity contribution in [1.82, 2.24) is 19.8 Å². The molecular weight excluding hydrogens is 347 g/mol. The van der Waals surface area contributed by atoms with Gasteiger partial charge in [-0.25, -0.2) is 9.98 Å². The number of alkyl halides is 3. The highest BCUT2D eigenvalue weighted by molar-refractivity contribution is 5.80. The van der Waals surface area contributed by atoms with Crippen LogP contribution in [-0.2, 0) is 17.8 Å². The highest BCUT2D eigenvalue weighted by atomic mass is 19.4. The number of halogens is 3. The van der Waals surface area contributed by atoms with Crippen LogP contribution in [0.4, 0.5) is 13.2 Å². The van der Waals surface area contributed by atoms with E-state index in [0.29, 0.717) is 36.4 Å². The molecule has 9 heteroatoms. The van der Waals surface area contributed by atoms with Crippen LogP contribution < -0.4 is 5.32 Å². The average molecular weight is 371 g/mol. The molecule has 0 spiro atoms. The summed E-state index contributed by atoms with van der Waals surface area (Å²) in [7, 11) is 0. The molecule has 1 aromatic heterocycles. The summed E-state index contributed by atoms with van der Waals surface area (Å²) in [6.07, 6.45) is 1.48. The Morgan fingerprint density at radius 2 is 2.00 bits per heavy atom. The number of likely N-dealkylation sites (tertiary alicyclic amines) is 1. The highest BCUT2D eigenvalue weighted by Gasteiger charge is 2.53. The Bertz CT molecular complexity index is 656. The second kappa shape index (κ2) is 6.75. The molecule has 4 atom stereocenters. The molecule has 0 radical (unpaired) electrons. The molecule has 3 aliphatic heterocycles. The quantitative estimate of drug-likeness (QED) is 0.650. The SMILES string of the molecule is CCNC(=NCc1nccn1CC(F)(F)F)N1CC2C3CCC(O3)C2C1. The fourth-order valence-corrected chi connectivity index (χ4v) is 4.53. The number of aromatic nitrogens is 2. The molecule has 3 saturated heterocycles. The summed E-state index contributed by atoms with van der Waals surface area (Å²) >= 11 is 0. The molecular formula is C17H24F3N5O. The molecule has 1 N–H and O–H groups in total. The Hall–Kier alpha value is -1.77. The van der Waals surface area contributed by atoms with Gasteiger partial charge < -0.3 is 19.5 Å². The number of fused-ring (bicyclic) bond motifs is 5. The van der Waals surface area contributed by atoms with Gasteiger partial charge in [-0.05, 0) is 19.8 Å². The van der Waals surface area contributed by atoms with Gasteiger partial charge >= 0.3 is 6.18 Å². The van der Waals surface area contributed by atoms with Crippen LogP contribution in [0.3, 0.4) is 0 Å². The van der Waals surface area contributed by atoms with Crippen molar-refractivity contribution in [2.45, 2.75) is 51.2 Å². The molecule has 1 aromatic rings. The van der Waals surface area contributed by atoms with Crippen LogP contribution >= 0.6 is 0 Å². The number of hydrogen-bond acceptors (Lipinski definition) is 3. The molecule has 3 aliphatic rings. The van der Waals surface area contributed by atoms with Crippen LogP contribution in [0.2, 0.25) is 0 Å². The van der Waals surface area contributed by atoms with E-state index in [9.17, 15) is 13.2 Å². The van der Waals surface area contributed by atoms with Gasteiger partial charge in [-0.15, -0.1) is 0 Å². The Morgan fingerprint density at radius 1 is 1.31 bits per heavy atom. The van der Waals surface area contributed by atoms with E-state index in [1.165, 1.54) is 12.4 Å². The first-order chi connectivity index (χ1) is 12.4. The third kappa shape index (κ3) is 3.41. The Balaban J connectivity index is 1.45. The lowest BCUT2D eigenvalue weighted by molar-refractivity contribution is -0.141. The van der Waals surface area contributed by atoms with Crippen LogP contribution in [0.15, 0.2) is 17.4 Å². The minimum absolute atomic E-state index is 0.126. The summed E-state index contributed by atoms with van der Waals surface area (Å²) in [6.45, 7) is 3.59. The Morgan fingerprint density at radius 3 is 2.62 bits per heavy atom. The van der Waals surface area contributed by atoms with Crippen molar-refractivity contribution in [3.63, 3.8) is 0 Å². The monoisotopic (exact) mass is 371 g/mol. The van der Waals surface area contributed by atoms with Gasteiger partial charge in [0.15, 0.2) is 5.96 Å². The number of imidazole rings is 1. The predicted octanol–water partition coefficient (Wildman–Crippen LogP) is 2.02. The van der Waals surface area contributed by atoms with Gasteiger partial charge in [0, 0.05) is 43.9 Å². The number of nitrogens with one attached hydrogen (secondary N) is 1. The minimum Gasteiger partial charge on any atom is -0.374 e. The number of hydrogen-bond donors (Lipinski definition) is 1. The number of ether oxygens (including phenoxy) is 1. The van der Waals surface area contributed by atoms with Gasteiger partial charge in [-0.3, -0.25) is 0 Å². The number of rotatable bonds is 4. The molecule has 0 saturated carbocycles. The smallest absolute Gasteiger partial charge is 0.374 e. The van der Waals surface area contributed by atoms with Crippen molar-refractivity contribution in [3.8, 4) is 0 Å². The lowest BCUT2D eigenvalue weighted by Gasteiger charge is -2.23. The molecule has 4 rings (SSSR count). The first-order valence-corrected chi connectivity index (χ1v) is 9.20. The van der Waals surface area contributed by atoms with Gasteiger partial charge in [0.25, 0.3) is 0 Å². The lowest BCUT2D eigenvalue weighted by Crippen LogP contribution is -2.41. The van der Waals surface area contributed by atoms with Crippen molar-refractivity contribution < 1.29 is 17.9 Å². The van der Waals surface area contributed by atoms with E-state index in [4.69, 9.17) is 4.74 Å². The van der Waals surface area contributed by atoms with E-state index < -0.39 is 12.7 Å². The summed E-state index contributed by atoms with van der Waals surface area (Å²) in [5, 5.41) is 3.27. The van der Waals surface area contributed by atoms with Crippen LogP contribution in [0.5, 0.6) is 0 Å². The molecule has 0 aliphatic carbocycles. The predicted molar refractivity (Wildman–Crippen MR) is 89.5 cm³/mol. The van der Waals surface area contributed by atoms with E-state index in [1.807, 2.05) is 6.92 Å². The van der Waals surface area contributed by atoms with Crippen molar-refractivity contribution in [2.75, 3.05) is 19.6 Å². The summed E-state index contributed by atoms with van der Waals surface area (Å²) < 4.78 is 45.1. The molecule has 26 heavy (non-hydrogen) atoms. The summed E-state index contributed by atoms with van der Waals surface area (Å²) in [6, 6.07) is 0. The van der Waals surface area contributed by atoms with Crippen LogP contribution in [-0.4, -0.2) is 58.4 Å². The zero-order valence-corrected chi connectivity index (χ0v) is 14.7. The standard InChI is InChI=1S/C17H24F3N5O/c1-2-21-16(23-7-15-22-5-6-24(15)10-17(18,19)20)25-8-11-12(9-25)14-4-3-13(11)26-14/h5-6,11-14H,2-4,7-10H2,1H3,(H,21,23). The van der Waals surface area contributed by atoms with Crippen molar-refractivity contribution in [1.29, 1.82) is 0 Å². The van der Waals surface area contributed by atoms with Crippen LogP contribution in [0.1, 0.15) is 25.6 Å². The second-order valence-electron chi connectivity index (χ2n) is 7.28. The molecule has 3 fully saturated rings. The molecule has 2 bridgehead atoms. The molecule has 144 valence electrons. The van der Waals surface area contributed by atoms with E-state index in [1.54, 1.807) is 0 Å². The van der Waals surface area contributed by atoms with E-state index in [-0.39, 0.29) is 6.54 Å². The first kappa shape index (κ1) is 17.6. The van der Waals surface area contributed by atoms with Crippen molar-refractivity contribution >= 4 is 5.96 Å². The van der Waals surface area contributed by atoms with E-state index in [2.05, 4.69) is 20.2 Å². The van der Waals surface area contributed by atoms with Gasteiger partial charge in [0.1, 0.15) is 18.9 Å². The molecule has 0 amide bonds. The Kier molecular flexibility index (Phi) is 4.58. The van der Waals surface area contributed by atoms with E-state index in [0.717, 1.165) is 36.5 Å². The Labute approximate surface area is 150 Å². The van der Waals surface area contributed by atoms with Gasteiger partial charge in [0.2, 0.25) is 0 Å². The van der Waals surface area contributed by atoms with Crippen LogP contribution in [0, 0.1) is 11.8 Å². The largest absolute Gasteiger partial charge is 0.406 e. The van der Waals surface area contributed by atoms with Crippen molar-refractivity contribution in [2.24, 2.45) is 16.8 Å². The van der Waals surface area contributed by atoms with Crippen LogP contribution in [0.25, 0.3) is 0 Å². The summed E-state index contributed by atoms with van der Waals surface area (Å²) in [5.74, 6) is 2.16. The number of nitrogens with zero attached hydrogens (tertiary/aromatic N) is 4. The van der Waals surface area contributed by atoms with Crippen molar-refractivity contribution in [3.05, 3.63) is 18.2 Å². The molecule has 6 nitrogen and oxygen atoms in total. The number of aliphatic imine (C=N–C) groups is 1. The topological polar surface area (TPSA) is 54.7 Å². The third-order valence-corrected chi connectivity index (χ3v) is 5.61. The third-order valence-electron chi connectivity index (χ3n) is 5.61. The molecule has 0 aromatic carbocycles. The maximum Gasteiger partial charge on any atom is 0.406 e. The van der Waals surface area contributed by atoms with Gasteiger partial charge in [-0.2, -0.15) is 13.2 Å². The van der Waals surface area contributed by atoms with Gasteiger partial charge in [0.05, 0.1) is 12.2 Å². The molecule has 4 unspecified atom stereocenters. The number of guanidine groups is 1. The fourth-order valence-electron chi connectivity index (χ4n) is 4.53. The minimum atomic E-state index is -4.27. The zero-order valence-electron chi connectivity index (χ0n) is 14.7.